The third kappa shape index (κ3) is 11.4. The van der Waals surface area contributed by atoms with Crippen LogP contribution in [-0.2, 0) is 56.2 Å². The number of methoxy groups -OCH3 is 1. The number of hydrogen-bond acceptors (Lipinski definition) is 9. The maximum absolute atomic E-state index is 12.5. The molecule has 0 N–H and O–H groups in total. The molecule has 246 valence electrons. The molecule has 3 unspecified atom stereocenters. The molecule has 1 saturated carbocycles. The first kappa shape index (κ1) is 34.2. The number of hydrogen-bond donors (Lipinski definition) is 0. The molecule has 3 atom stereocenters. The Hall–Kier alpha value is -2.66. The monoisotopic (exact) mass is 614 g/mol. The fourth-order valence-electron chi connectivity index (χ4n) is 6.51. The van der Waals surface area contributed by atoms with E-state index in [1.807, 2.05) is 10.9 Å². The van der Waals surface area contributed by atoms with Crippen molar-refractivity contribution >= 4 is 11.8 Å². The molecular weight excluding hydrogens is 560 g/mol. The highest BCUT2D eigenvalue weighted by Crippen LogP contribution is 2.53. The van der Waals surface area contributed by atoms with Gasteiger partial charge in [0.2, 0.25) is 0 Å². The Bertz CT molecular complexity index is 1130. The molecule has 11 heteroatoms. The molecule has 0 aromatic carbocycles. The van der Waals surface area contributed by atoms with Crippen LogP contribution in [0.4, 0.5) is 0 Å². The minimum Gasteiger partial charge on any atom is -0.465 e. The Balaban J connectivity index is 1.06. The fourth-order valence-corrected chi connectivity index (χ4v) is 6.51. The summed E-state index contributed by atoms with van der Waals surface area (Å²) in [7, 11) is 1.64. The first-order valence-corrected chi connectivity index (χ1v) is 17.1. The number of Topliss-reactive ketones (excluding diaryl/α,β-unsaturated/α-hetero) is 1. The summed E-state index contributed by atoms with van der Waals surface area (Å²) in [5.74, 6) is 1.90. The first-order valence-electron chi connectivity index (χ1n) is 17.1. The van der Waals surface area contributed by atoms with Gasteiger partial charge in [-0.1, -0.05) is 36.6 Å². The first-order chi connectivity index (χ1) is 21.6. The average molecular weight is 615 g/mol. The summed E-state index contributed by atoms with van der Waals surface area (Å²) in [6.07, 6.45) is 16.7. The minimum atomic E-state index is -0.129. The molecule has 44 heavy (non-hydrogen) atoms. The van der Waals surface area contributed by atoms with Crippen molar-refractivity contribution in [3.63, 3.8) is 0 Å². The number of fused-ring (bicyclic) bond motifs is 2. The molecular formula is C33H54N6O5. The van der Waals surface area contributed by atoms with E-state index in [0.29, 0.717) is 75.6 Å². The van der Waals surface area contributed by atoms with Gasteiger partial charge in [-0.25, -0.2) is 4.68 Å². The Labute approximate surface area is 262 Å². The lowest BCUT2D eigenvalue weighted by Gasteiger charge is -2.10. The number of aromatic nitrogens is 6. The van der Waals surface area contributed by atoms with Gasteiger partial charge in [-0.15, -0.1) is 10.2 Å². The fraction of sp³-hybridized carbons (Fsp3) is 0.818. The second kappa shape index (κ2) is 19.0. The SMILES string of the molecule is CCCCCCn1cc(CCCC(=O)CCCCn2nnc3c2CCC2C(CC3)C2COC(=O)CCCOCCOC)nn1. The summed E-state index contributed by atoms with van der Waals surface area (Å²) in [6.45, 7) is 6.15. The highest BCUT2D eigenvalue weighted by Gasteiger charge is 2.50. The zero-order valence-electron chi connectivity index (χ0n) is 27.1. The molecule has 0 aliphatic heterocycles. The van der Waals surface area contributed by atoms with Crippen LogP contribution in [0.3, 0.4) is 0 Å². The topological polar surface area (TPSA) is 123 Å². The summed E-state index contributed by atoms with van der Waals surface area (Å²) < 4.78 is 20.0. The lowest BCUT2D eigenvalue weighted by molar-refractivity contribution is -0.144. The molecule has 2 aromatic heterocycles. The molecule has 2 aliphatic carbocycles. The highest BCUT2D eigenvalue weighted by molar-refractivity contribution is 5.78. The molecule has 2 heterocycles. The molecule has 0 saturated heterocycles. The third-order valence-electron chi connectivity index (χ3n) is 9.19. The van der Waals surface area contributed by atoms with E-state index >= 15 is 0 Å². The maximum Gasteiger partial charge on any atom is 0.305 e. The van der Waals surface area contributed by atoms with Crippen LogP contribution < -0.4 is 0 Å². The lowest BCUT2D eigenvalue weighted by atomic mass is 10.0. The van der Waals surface area contributed by atoms with Gasteiger partial charge in [-0.3, -0.25) is 14.3 Å². The third-order valence-corrected chi connectivity index (χ3v) is 9.19. The van der Waals surface area contributed by atoms with Crippen molar-refractivity contribution in [1.29, 1.82) is 0 Å². The van der Waals surface area contributed by atoms with Gasteiger partial charge in [-0.05, 0) is 82.0 Å². The molecule has 2 aliphatic rings. The quantitative estimate of drug-likeness (QED) is 0.126. The predicted octanol–water partition coefficient (Wildman–Crippen LogP) is 4.94. The zero-order valence-corrected chi connectivity index (χ0v) is 27.1. The largest absolute Gasteiger partial charge is 0.465 e. The van der Waals surface area contributed by atoms with Crippen LogP contribution >= 0.6 is 0 Å². The lowest BCUT2D eigenvalue weighted by Crippen LogP contribution is -2.10. The number of carbonyl (C=O) groups excluding carboxylic acids is 2. The Kier molecular flexibility index (Phi) is 14.8. The van der Waals surface area contributed by atoms with Crippen LogP contribution in [0.25, 0.3) is 0 Å². The van der Waals surface area contributed by atoms with Gasteiger partial charge in [0.05, 0.1) is 36.9 Å². The average Bonchev–Trinajstić information content (AvgIpc) is 3.27. The zero-order chi connectivity index (χ0) is 31.0. The minimum absolute atomic E-state index is 0.129. The summed E-state index contributed by atoms with van der Waals surface area (Å²) in [5.41, 5.74) is 3.36. The van der Waals surface area contributed by atoms with E-state index in [1.165, 1.54) is 25.0 Å². The number of rotatable bonds is 23. The van der Waals surface area contributed by atoms with Crippen molar-refractivity contribution in [2.75, 3.05) is 33.5 Å². The normalized spacial score (nSPS) is 19.2. The van der Waals surface area contributed by atoms with Gasteiger partial charge in [-0.2, -0.15) is 0 Å². The summed E-state index contributed by atoms with van der Waals surface area (Å²) >= 11 is 0. The highest BCUT2D eigenvalue weighted by atomic mass is 16.5. The van der Waals surface area contributed by atoms with Crippen LogP contribution in [0.1, 0.15) is 107 Å². The number of unbranched alkanes of at least 4 members (excludes halogenated alkanes) is 4. The van der Waals surface area contributed by atoms with Crippen LogP contribution in [0.5, 0.6) is 0 Å². The molecule has 0 spiro atoms. The number of aryl methyl sites for hydroxylation is 4. The van der Waals surface area contributed by atoms with Gasteiger partial charge in [0.15, 0.2) is 0 Å². The standard InChI is InChI=1S/C33H54N6O5/c1-3-4-5-7-19-38-24-26(34-36-38)11-9-13-27(40)12-6-8-20-39-32-18-16-29-28(15-17-31(32)35-37-39)30(29)25-44-33(41)14-10-21-43-23-22-42-2/h24,28-30H,3-23,25H2,1-2H3. The molecule has 0 bridgehead atoms. The van der Waals surface area contributed by atoms with Crippen LogP contribution in [0.2, 0.25) is 0 Å². The van der Waals surface area contributed by atoms with Crippen molar-refractivity contribution in [3.8, 4) is 0 Å². The van der Waals surface area contributed by atoms with Gasteiger partial charge < -0.3 is 14.2 Å². The van der Waals surface area contributed by atoms with Crippen molar-refractivity contribution in [2.24, 2.45) is 17.8 Å². The molecule has 0 radical (unpaired) electrons. The van der Waals surface area contributed by atoms with Crippen LogP contribution in [-0.4, -0.2) is 75.3 Å². The number of ketones is 1. The van der Waals surface area contributed by atoms with E-state index in [2.05, 4.69) is 32.2 Å². The summed E-state index contributed by atoms with van der Waals surface area (Å²) in [6, 6.07) is 0. The van der Waals surface area contributed by atoms with Crippen LogP contribution in [0.15, 0.2) is 6.20 Å². The van der Waals surface area contributed by atoms with Gasteiger partial charge in [0, 0.05) is 52.3 Å². The van der Waals surface area contributed by atoms with Gasteiger partial charge in [0.1, 0.15) is 5.78 Å². The van der Waals surface area contributed by atoms with Crippen molar-refractivity contribution in [1.82, 2.24) is 30.0 Å². The molecule has 1 fully saturated rings. The Morgan fingerprint density at radius 3 is 2.52 bits per heavy atom. The number of ether oxygens (including phenoxy) is 3. The van der Waals surface area contributed by atoms with Gasteiger partial charge in [0.25, 0.3) is 0 Å². The van der Waals surface area contributed by atoms with E-state index in [4.69, 9.17) is 14.2 Å². The van der Waals surface area contributed by atoms with E-state index in [1.54, 1.807) is 7.11 Å². The van der Waals surface area contributed by atoms with E-state index in [0.717, 1.165) is 82.3 Å². The Morgan fingerprint density at radius 1 is 0.864 bits per heavy atom. The second-order valence-corrected chi connectivity index (χ2v) is 12.5. The Morgan fingerprint density at radius 2 is 1.68 bits per heavy atom. The van der Waals surface area contributed by atoms with Crippen LogP contribution in [0, 0.1) is 17.8 Å². The predicted molar refractivity (Wildman–Crippen MR) is 166 cm³/mol. The van der Waals surface area contributed by atoms with E-state index in [9.17, 15) is 9.59 Å². The number of nitrogens with zero attached hydrogens (tertiary/aromatic N) is 6. The van der Waals surface area contributed by atoms with Crippen molar-refractivity contribution in [2.45, 2.75) is 123 Å². The number of esters is 1. The molecule has 4 rings (SSSR count). The van der Waals surface area contributed by atoms with E-state index in [-0.39, 0.29) is 5.97 Å². The van der Waals surface area contributed by atoms with Crippen molar-refractivity contribution < 1.29 is 23.8 Å². The second-order valence-electron chi connectivity index (χ2n) is 12.5. The van der Waals surface area contributed by atoms with E-state index < -0.39 is 0 Å². The maximum atomic E-state index is 12.5. The molecule has 0 amide bonds. The summed E-state index contributed by atoms with van der Waals surface area (Å²) in [5, 5.41) is 17.5. The molecule has 2 aromatic rings. The molecule has 11 nitrogen and oxygen atoms in total. The summed E-state index contributed by atoms with van der Waals surface area (Å²) in [4.78, 5) is 24.6. The smallest absolute Gasteiger partial charge is 0.305 e. The van der Waals surface area contributed by atoms with Gasteiger partial charge >= 0.3 is 5.97 Å². The number of carbonyl (C=O) groups is 2. The van der Waals surface area contributed by atoms with Crippen molar-refractivity contribution in [3.05, 3.63) is 23.3 Å².